The lowest BCUT2D eigenvalue weighted by atomic mass is 10.0. The molecule has 42 nitrogen and oxygen atoms in total. The lowest BCUT2D eigenvalue weighted by molar-refractivity contribution is -0.638. The number of hydrogen-bond acceptors (Lipinski definition) is 30. The molecular weight excluding hydrogens is 1970 g/mol. The third kappa shape index (κ3) is 35.3. The Balaban J connectivity index is 0.000000174. The van der Waals surface area contributed by atoms with E-state index in [1.807, 2.05) is 92.6 Å². The van der Waals surface area contributed by atoms with Crippen molar-refractivity contribution in [1.82, 2.24) is 83.3 Å². The molecule has 16 heterocycles. The molecule has 0 spiro atoms. The Labute approximate surface area is 860 Å². The maximum absolute atomic E-state index is 12.5. The van der Waals surface area contributed by atoms with E-state index in [4.69, 9.17) is 104 Å². The number of esters is 2. The summed E-state index contributed by atoms with van der Waals surface area (Å²) in [5.74, 6) is 5.26. The van der Waals surface area contributed by atoms with Crippen LogP contribution in [-0.2, 0) is 28.4 Å². The first kappa shape index (κ1) is 112. The molecule has 2 fully saturated rings. The van der Waals surface area contributed by atoms with Crippen LogP contribution in [0.1, 0.15) is 180 Å². The van der Waals surface area contributed by atoms with Crippen LogP contribution < -0.4 is 64.1 Å². The van der Waals surface area contributed by atoms with Crippen molar-refractivity contribution >= 4 is 185 Å². The van der Waals surface area contributed by atoms with Crippen LogP contribution in [0.5, 0.6) is 0 Å². The average molecular weight is 2090 g/mol. The molecule has 0 bridgehead atoms. The van der Waals surface area contributed by atoms with Gasteiger partial charge in [-0.2, -0.15) is 25.5 Å². The number of aromatic nitrogens is 17. The van der Waals surface area contributed by atoms with E-state index in [9.17, 15) is 38.4 Å². The summed E-state index contributed by atoms with van der Waals surface area (Å²) >= 11 is 30.1. The van der Waals surface area contributed by atoms with Gasteiger partial charge in [0.15, 0.2) is 0 Å². The topological polar surface area (TPSA) is 525 Å². The second kappa shape index (κ2) is 50.0. The number of amides is 6. The first-order valence-corrected chi connectivity index (χ1v) is 47.2. The van der Waals surface area contributed by atoms with Gasteiger partial charge < -0.3 is 60.7 Å². The quantitative estimate of drug-likeness (QED) is 0.0141. The van der Waals surface area contributed by atoms with Gasteiger partial charge in [-0.15, -0.1) is 0 Å². The van der Waals surface area contributed by atoms with Crippen LogP contribution in [0.2, 0.25) is 25.8 Å². The van der Waals surface area contributed by atoms with E-state index in [0.29, 0.717) is 94.7 Å². The third-order valence-corrected chi connectivity index (χ3v) is 20.5. The highest BCUT2D eigenvalue weighted by Crippen LogP contribution is 2.31. The number of rotatable bonds is 16. The molecule has 0 atom stereocenters. The fraction of sp³-hybridized carbons (Fsp3) is 0.327. The summed E-state index contributed by atoms with van der Waals surface area (Å²) in [6, 6.07) is 33.6. The van der Waals surface area contributed by atoms with Crippen molar-refractivity contribution in [3.63, 3.8) is 0 Å². The van der Waals surface area contributed by atoms with Crippen LogP contribution in [0.25, 0.3) is 27.6 Å². The number of carbonyl (C=O) groups is 8. The van der Waals surface area contributed by atoms with Crippen LogP contribution >= 0.6 is 58.0 Å². The predicted molar refractivity (Wildman–Crippen MR) is 557 cm³/mol. The zero-order valence-electron chi connectivity index (χ0n) is 83.3. The summed E-state index contributed by atoms with van der Waals surface area (Å²) in [6.07, 6.45) is 17.8. The number of nitrogen functional groups attached to an aromatic ring is 3. The molecular formula is C98H116Cl5N28O14+. The van der Waals surface area contributed by atoms with Gasteiger partial charge in [0.05, 0.1) is 99.7 Å². The van der Waals surface area contributed by atoms with E-state index in [1.54, 1.807) is 216 Å². The molecule has 47 heteroatoms. The molecule has 1 saturated carbocycles. The van der Waals surface area contributed by atoms with Gasteiger partial charge in [-0.25, -0.2) is 77.1 Å². The average Bonchev–Trinajstić information content (AvgIpc) is 1.63. The van der Waals surface area contributed by atoms with E-state index in [2.05, 4.69) is 97.5 Å². The molecule has 15 aromatic heterocycles. The van der Waals surface area contributed by atoms with E-state index >= 15 is 0 Å². The zero-order chi connectivity index (χ0) is 106. The van der Waals surface area contributed by atoms with Crippen molar-refractivity contribution in [2.45, 2.75) is 173 Å². The molecule has 17 rings (SSSR count). The van der Waals surface area contributed by atoms with Crippen molar-refractivity contribution in [2.75, 3.05) is 87.0 Å². The molecule has 2 aliphatic rings. The normalized spacial score (nSPS) is 12.1. The van der Waals surface area contributed by atoms with Gasteiger partial charge in [0, 0.05) is 115 Å². The number of hydrogen-bond donors (Lipinski definition) is 10. The minimum absolute atomic E-state index is 0.167. The predicted octanol–water partition coefficient (Wildman–Crippen LogP) is 18.5. The number of pyridine rings is 8. The van der Waals surface area contributed by atoms with E-state index in [-0.39, 0.29) is 40.8 Å². The van der Waals surface area contributed by atoms with Gasteiger partial charge in [-0.3, -0.25) is 40.8 Å². The summed E-state index contributed by atoms with van der Waals surface area (Å²) in [5.41, 5.74) is 21.9. The van der Waals surface area contributed by atoms with Crippen LogP contribution in [0, 0.1) is 40.5 Å². The Bertz CT molecular complexity index is 7040. The molecule has 15 aromatic rings. The minimum atomic E-state index is -0.624. The summed E-state index contributed by atoms with van der Waals surface area (Å²) in [5, 5.41) is 42.6. The number of nitrogens with two attached hydrogens (primary N) is 3. The van der Waals surface area contributed by atoms with Gasteiger partial charge in [0.1, 0.15) is 76.5 Å². The number of halogens is 5. The number of carbonyl (C=O) groups excluding carboxylic acids is 8. The zero-order valence-corrected chi connectivity index (χ0v) is 87.1. The minimum Gasteiger partial charge on any atom is -0.462 e. The number of nitrogens with zero attached hydrogens (tertiary/aromatic N) is 18. The summed E-state index contributed by atoms with van der Waals surface area (Å²) < 4.78 is 39.9. The number of fused-ring (bicyclic) bond motifs is 5. The third-order valence-electron chi connectivity index (χ3n) is 19.2. The lowest BCUT2D eigenvalue weighted by Crippen LogP contribution is -2.51. The van der Waals surface area contributed by atoms with Gasteiger partial charge in [0.25, 0.3) is 11.8 Å². The monoisotopic (exact) mass is 2080 g/mol. The first-order chi connectivity index (χ1) is 68.3. The number of anilines is 9. The summed E-state index contributed by atoms with van der Waals surface area (Å²) in [6.45, 7) is 37.7. The molecule has 145 heavy (non-hydrogen) atoms. The Morgan fingerprint density at radius 1 is 0.421 bits per heavy atom. The molecule has 766 valence electrons. The highest BCUT2D eigenvalue weighted by atomic mass is 35.5. The Hall–Kier alpha value is -15.4. The van der Waals surface area contributed by atoms with Gasteiger partial charge in [0.2, 0.25) is 12.4 Å². The van der Waals surface area contributed by atoms with Crippen LogP contribution in [0.4, 0.5) is 70.5 Å². The van der Waals surface area contributed by atoms with Gasteiger partial charge >= 0.3 is 36.3 Å². The number of aryl methyl sites for hydroxylation is 5. The Morgan fingerprint density at radius 3 is 1.25 bits per heavy atom. The van der Waals surface area contributed by atoms with Crippen LogP contribution in [0.3, 0.4) is 0 Å². The fourth-order valence-corrected chi connectivity index (χ4v) is 14.2. The highest BCUT2D eigenvalue weighted by molar-refractivity contribution is 6.31. The second-order valence-electron chi connectivity index (χ2n) is 36.5. The maximum atomic E-state index is 12.5. The van der Waals surface area contributed by atoms with E-state index in [1.165, 1.54) is 46.7 Å². The van der Waals surface area contributed by atoms with E-state index < -0.39 is 64.6 Å². The standard InChI is InChI=1S/C20H22ClN7O.C16H20ClN3O4.C16H21N3O4.C13H9Cl2N5O.C10H15N3O2.C10H14N2O2.C8H8ClN3.C5H6N2/c1-12-4-16-5-15(6-18(21)28(16)26-12)25-20(29)17-8-24-19(9-23-17)27-10-13(11-27)7-22-14-2-3-14;1-6-23-14(21)13-9(2)19-20-11(13)7-10(8-12(20)17)18-15(22)24-16(3,4)5;1-6-22-14(20)13-10(2)18-19-8-7-11(9-12(13)19)17-15(21)23-16(3,4)5;1-7-2-9-3-8(4-12(15)20(9)19-7)18-13(21)10-5-17-11(14)6-16-10;1-10(2,3)15-9(14)12-8-4-6-13(11)7-5-8;1-10(2,3)14-9(13)12-8-4-6-11-7-5-8;1-5-2-7-3-6(10)4-8(9)12(7)11-5;6-5-1-3-7-4-2-5/h4-6,8-9,13-14,22H,2-3,7,10-11H2,1H3,(H,25,29);7-8H,6H2,1-5H3,(H,18,22);7-9H,6H2,1-5H3,(H,17,21);2-6H,1H3,(H,18,21);4-7H,11H2,1-3H3;4-7H,1-3H3,(H,11,12,13);2-4H,10H2,1H3;1-4H,(H2,6,7)/p+1. The molecule has 6 amide bonds. The second-order valence-corrected chi connectivity index (χ2v) is 38.4. The lowest BCUT2D eigenvalue weighted by Gasteiger charge is -2.40. The van der Waals surface area contributed by atoms with Crippen molar-refractivity contribution < 1.29 is 71.5 Å². The summed E-state index contributed by atoms with van der Waals surface area (Å²) in [4.78, 5) is 121. The number of ether oxygens (including phenoxy) is 6. The van der Waals surface area contributed by atoms with Crippen molar-refractivity contribution in [3.8, 4) is 0 Å². The van der Waals surface area contributed by atoms with Crippen molar-refractivity contribution in [1.29, 1.82) is 0 Å². The first-order valence-electron chi connectivity index (χ1n) is 45.3. The maximum Gasteiger partial charge on any atom is 0.412 e. The molecule has 1 aliphatic heterocycles. The van der Waals surface area contributed by atoms with Crippen molar-refractivity contribution in [2.24, 2.45) is 5.92 Å². The largest absolute Gasteiger partial charge is 0.462 e. The number of nitrogens with one attached hydrogen (secondary N) is 7. The van der Waals surface area contributed by atoms with Crippen molar-refractivity contribution in [3.05, 3.63) is 260 Å². The molecule has 1 aliphatic carbocycles. The molecule has 0 aromatic carbocycles. The molecule has 0 unspecified atom stereocenters. The van der Waals surface area contributed by atoms with Crippen LogP contribution in [0.15, 0.2) is 183 Å². The highest BCUT2D eigenvalue weighted by Gasteiger charge is 2.32. The van der Waals surface area contributed by atoms with Gasteiger partial charge in [-0.1, -0.05) is 62.7 Å². The Kier molecular flexibility index (Phi) is 38.5. The molecule has 0 radical (unpaired) electrons. The van der Waals surface area contributed by atoms with Gasteiger partial charge in [-0.05, 0) is 248 Å². The summed E-state index contributed by atoms with van der Waals surface area (Å²) in [7, 11) is 0. The Morgan fingerprint density at radius 2 is 0.821 bits per heavy atom. The fourth-order valence-electron chi connectivity index (χ4n) is 13.1. The smallest absolute Gasteiger partial charge is 0.412 e. The SMILES string of the molecule is CC(C)(C)OC(=O)Nc1cc[n+](N)cc1.CC(C)(C)OC(=O)Nc1ccncc1.CCOC(=O)c1c(C)nn2c(Cl)cc(NC(=O)OC(C)(C)C)cc12.CCOC(=O)c1c(C)nn2ccc(NC(=O)OC(C)(C)C)cc12.Cc1cc2cc(N)cc(Cl)n2n1.Cc1cc2cc(NC(=O)c3cnc(Cl)cn3)cc(Cl)n2n1.Cc1cc2cc(NC(=O)c3cnc(N4CC(CNC5CC5)C4)cn3)cc(Cl)n2n1.Nc1ccncc1. The van der Waals surface area contributed by atoms with E-state index in [0.717, 1.165) is 70.8 Å². The molecule has 1 saturated heterocycles. The van der Waals surface area contributed by atoms with Crippen LogP contribution in [-0.4, -0.2) is 187 Å². The molecule has 13 N–H and O–H groups in total.